The van der Waals surface area contributed by atoms with Crippen LogP contribution in [0.15, 0.2) is 23.1 Å². The first-order valence-electron chi connectivity index (χ1n) is 8.42. The number of benzene rings is 1. The van der Waals surface area contributed by atoms with Crippen molar-refractivity contribution in [2.75, 3.05) is 33.9 Å². The number of nitrogens with zero attached hydrogens (tertiary/aromatic N) is 1. The number of carbonyl (C=O) groups is 1. The number of halogens is 1. The van der Waals surface area contributed by atoms with Crippen molar-refractivity contribution in [3.63, 3.8) is 0 Å². The van der Waals surface area contributed by atoms with Crippen molar-refractivity contribution in [2.45, 2.75) is 30.7 Å². The molecule has 1 aromatic carbocycles. The molecule has 0 saturated carbocycles. The molecule has 7 nitrogen and oxygen atoms in total. The van der Waals surface area contributed by atoms with Crippen LogP contribution in [0.1, 0.15) is 19.8 Å². The maximum absolute atomic E-state index is 13.0. The molecule has 9 heteroatoms. The molecule has 1 fully saturated rings. The van der Waals surface area contributed by atoms with Crippen LogP contribution in [-0.4, -0.2) is 58.6 Å². The number of methoxy groups -OCH3 is 2. The summed E-state index contributed by atoms with van der Waals surface area (Å²) in [5.74, 6) is -0.329. The number of hydrogen-bond donors (Lipinski definition) is 1. The van der Waals surface area contributed by atoms with Gasteiger partial charge in [0.05, 0.1) is 19.6 Å². The second kappa shape index (κ2) is 9.03. The molecule has 1 aliphatic heterocycles. The maximum atomic E-state index is 13.0. The van der Waals surface area contributed by atoms with Crippen LogP contribution in [0, 0.1) is 5.92 Å². The minimum absolute atomic E-state index is 0.0151. The summed E-state index contributed by atoms with van der Waals surface area (Å²) < 4.78 is 37.6. The van der Waals surface area contributed by atoms with Gasteiger partial charge in [-0.1, -0.05) is 11.6 Å². The molecular weight excluding hydrogens is 380 g/mol. The Kier molecular flexibility index (Phi) is 7.28. The minimum atomic E-state index is -3.81. The lowest BCUT2D eigenvalue weighted by atomic mass is 9.98. The van der Waals surface area contributed by atoms with Crippen LogP contribution in [0.2, 0.25) is 5.02 Å². The molecule has 0 unspecified atom stereocenters. The Bertz CT molecular complexity index is 741. The zero-order chi connectivity index (χ0) is 19.3. The zero-order valence-corrected chi connectivity index (χ0v) is 16.8. The van der Waals surface area contributed by atoms with E-state index < -0.39 is 15.9 Å². The van der Waals surface area contributed by atoms with Gasteiger partial charge in [-0.25, -0.2) is 8.42 Å². The number of nitrogens with one attached hydrogen (secondary N) is 1. The Labute approximate surface area is 159 Å². The first-order chi connectivity index (χ1) is 12.3. The quantitative estimate of drug-likeness (QED) is 0.750. The van der Waals surface area contributed by atoms with Crippen LogP contribution in [0.4, 0.5) is 0 Å². The van der Waals surface area contributed by atoms with Gasteiger partial charge in [-0.15, -0.1) is 0 Å². The van der Waals surface area contributed by atoms with E-state index in [1.54, 1.807) is 13.2 Å². The summed E-state index contributed by atoms with van der Waals surface area (Å²) in [7, 11) is -0.839. The third-order valence-electron chi connectivity index (χ3n) is 4.30. The lowest BCUT2D eigenvalue weighted by Crippen LogP contribution is -2.47. The molecule has 0 aromatic heterocycles. The monoisotopic (exact) mass is 404 g/mol. The summed E-state index contributed by atoms with van der Waals surface area (Å²) in [6.45, 7) is 2.73. The fourth-order valence-corrected chi connectivity index (χ4v) is 4.96. The number of rotatable bonds is 7. The van der Waals surface area contributed by atoms with E-state index in [9.17, 15) is 13.2 Å². The van der Waals surface area contributed by atoms with Gasteiger partial charge in [0.1, 0.15) is 10.6 Å². The second-order valence-electron chi connectivity index (χ2n) is 6.36. The fourth-order valence-electron chi connectivity index (χ4n) is 3.02. The smallest absolute Gasteiger partial charge is 0.246 e. The number of sulfonamides is 1. The third-order valence-corrected chi connectivity index (χ3v) is 6.43. The molecule has 1 heterocycles. The van der Waals surface area contributed by atoms with Gasteiger partial charge in [0.25, 0.3) is 0 Å². The molecule has 2 rings (SSSR count). The van der Waals surface area contributed by atoms with Crippen molar-refractivity contribution in [1.82, 2.24) is 9.62 Å². The predicted octanol–water partition coefficient (Wildman–Crippen LogP) is 1.90. The second-order valence-corrected chi connectivity index (χ2v) is 8.71. The van der Waals surface area contributed by atoms with E-state index in [0.717, 1.165) is 0 Å². The van der Waals surface area contributed by atoms with Crippen LogP contribution in [0.25, 0.3) is 0 Å². The van der Waals surface area contributed by atoms with Gasteiger partial charge in [0.2, 0.25) is 15.9 Å². The van der Waals surface area contributed by atoms with E-state index >= 15 is 0 Å². The van der Waals surface area contributed by atoms with Crippen LogP contribution in [0.5, 0.6) is 5.75 Å². The molecule has 1 N–H and O–H groups in total. The molecule has 0 bridgehead atoms. The Morgan fingerprint density at radius 1 is 1.42 bits per heavy atom. The van der Waals surface area contributed by atoms with Crippen LogP contribution >= 0.6 is 11.6 Å². The summed E-state index contributed by atoms with van der Waals surface area (Å²) >= 11 is 5.97. The van der Waals surface area contributed by atoms with Crippen molar-refractivity contribution in [3.05, 3.63) is 23.2 Å². The topological polar surface area (TPSA) is 84.9 Å². The fraction of sp³-hybridized carbons (Fsp3) is 0.588. The molecule has 0 aliphatic carbocycles. The van der Waals surface area contributed by atoms with Gasteiger partial charge in [-0.2, -0.15) is 4.31 Å². The molecule has 0 radical (unpaired) electrons. The Morgan fingerprint density at radius 3 is 2.81 bits per heavy atom. The first-order valence-corrected chi connectivity index (χ1v) is 10.2. The number of piperidine rings is 1. The van der Waals surface area contributed by atoms with Crippen molar-refractivity contribution in [2.24, 2.45) is 5.92 Å². The van der Waals surface area contributed by atoms with E-state index in [1.807, 2.05) is 6.92 Å². The first kappa shape index (κ1) is 21.0. The molecule has 0 spiro atoms. The summed E-state index contributed by atoms with van der Waals surface area (Å²) in [5, 5.41) is 3.17. The Balaban J connectivity index is 2.18. The van der Waals surface area contributed by atoms with Crippen LogP contribution in [-0.2, 0) is 19.6 Å². The average Bonchev–Trinajstić information content (AvgIpc) is 2.62. The average molecular weight is 405 g/mol. The van der Waals surface area contributed by atoms with Gasteiger partial charge in [-0.05, 0) is 38.0 Å². The van der Waals surface area contributed by atoms with E-state index in [4.69, 9.17) is 21.1 Å². The van der Waals surface area contributed by atoms with Crippen molar-refractivity contribution in [3.8, 4) is 5.75 Å². The minimum Gasteiger partial charge on any atom is -0.495 e. The summed E-state index contributed by atoms with van der Waals surface area (Å²) in [6, 6.07) is 4.34. The Hall–Kier alpha value is -1.35. The van der Waals surface area contributed by atoms with Crippen molar-refractivity contribution < 1.29 is 22.7 Å². The van der Waals surface area contributed by atoms with Crippen LogP contribution in [0.3, 0.4) is 0 Å². The highest BCUT2D eigenvalue weighted by molar-refractivity contribution is 7.89. The normalized spacial score (nSPS) is 19.8. The zero-order valence-electron chi connectivity index (χ0n) is 15.2. The lowest BCUT2D eigenvalue weighted by molar-refractivity contribution is -0.127. The summed E-state index contributed by atoms with van der Waals surface area (Å²) in [5.41, 5.74) is 0. The number of hydrogen-bond acceptors (Lipinski definition) is 5. The summed E-state index contributed by atoms with van der Waals surface area (Å²) in [6.07, 6.45) is 1.25. The predicted molar refractivity (Wildman–Crippen MR) is 99.0 cm³/mol. The van der Waals surface area contributed by atoms with Gasteiger partial charge >= 0.3 is 0 Å². The summed E-state index contributed by atoms with van der Waals surface area (Å²) in [4.78, 5) is 12.5. The van der Waals surface area contributed by atoms with Gasteiger partial charge in [-0.3, -0.25) is 4.79 Å². The number of amides is 1. The highest BCUT2D eigenvalue weighted by Crippen LogP contribution is 2.31. The van der Waals surface area contributed by atoms with Gasteiger partial charge < -0.3 is 14.8 Å². The molecule has 146 valence electrons. The van der Waals surface area contributed by atoms with E-state index in [1.165, 1.54) is 23.5 Å². The lowest BCUT2D eigenvalue weighted by Gasteiger charge is -2.32. The highest BCUT2D eigenvalue weighted by Gasteiger charge is 2.35. The van der Waals surface area contributed by atoms with E-state index in [-0.39, 0.29) is 29.1 Å². The maximum Gasteiger partial charge on any atom is 0.246 e. The van der Waals surface area contributed by atoms with E-state index in [2.05, 4.69) is 5.32 Å². The SMILES string of the molecule is COC[C@@H](C)NC(=O)[C@@H]1CCCN(S(=O)(=O)c2cc(Cl)ccc2OC)C1. The number of ether oxygens (including phenoxy) is 2. The molecule has 1 aromatic rings. The van der Waals surface area contributed by atoms with Crippen molar-refractivity contribution >= 4 is 27.5 Å². The molecule has 1 amide bonds. The Morgan fingerprint density at radius 2 is 2.15 bits per heavy atom. The molecule has 1 aliphatic rings. The van der Waals surface area contributed by atoms with Gasteiger partial charge in [0.15, 0.2) is 0 Å². The van der Waals surface area contributed by atoms with Gasteiger partial charge in [0, 0.05) is 31.3 Å². The van der Waals surface area contributed by atoms with E-state index in [0.29, 0.717) is 31.0 Å². The third kappa shape index (κ3) is 4.88. The molecule has 1 saturated heterocycles. The molecule has 2 atom stereocenters. The largest absolute Gasteiger partial charge is 0.495 e. The molecule has 26 heavy (non-hydrogen) atoms. The highest BCUT2D eigenvalue weighted by atomic mass is 35.5. The van der Waals surface area contributed by atoms with Crippen LogP contribution < -0.4 is 10.1 Å². The number of carbonyl (C=O) groups excluding carboxylic acids is 1. The molecular formula is C17H25ClN2O5S. The van der Waals surface area contributed by atoms with Crippen molar-refractivity contribution in [1.29, 1.82) is 0 Å². The standard InChI is InChI=1S/C17H25ClN2O5S/c1-12(11-24-2)19-17(21)13-5-4-8-20(10-13)26(22,23)16-9-14(18)6-7-15(16)25-3/h6-7,9,12-13H,4-5,8,10-11H2,1-3H3,(H,19,21)/t12-,13-/m1/s1.